The zero-order valence-corrected chi connectivity index (χ0v) is 17.3. The van der Waals surface area contributed by atoms with Crippen LogP contribution in [-0.2, 0) is 10.0 Å². The van der Waals surface area contributed by atoms with Gasteiger partial charge in [0.1, 0.15) is 0 Å². The second kappa shape index (κ2) is 8.45. The van der Waals surface area contributed by atoms with E-state index in [1.165, 1.54) is 0 Å². The first-order chi connectivity index (χ1) is 13.6. The Kier molecular flexibility index (Phi) is 5.77. The molecule has 0 saturated heterocycles. The van der Waals surface area contributed by atoms with E-state index in [1.807, 2.05) is 54.6 Å². The minimum atomic E-state index is -3.56. The molecular formula is C21H18N2O2S3. The van der Waals surface area contributed by atoms with Crippen LogP contribution < -0.4 is 4.72 Å². The SMILES string of the molecule is O=S(=O)(NC[C@H](Sc1nc2ccccc2s1)c1ccccc1)c1ccccc1. The third-order valence-corrected chi connectivity index (χ3v) is 8.03. The van der Waals surface area contributed by atoms with Gasteiger partial charge < -0.3 is 0 Å². The quantitative estimate of drug-likeness (QED) is 0.417. The molecule has 0 amide bonds. The molecule has 0 aliphatic carbocycles. The van der Waals surface area contributed by atoms with Gasteiger partial charge >= 0.3 is 0 Å². The lowest BCUT2D eigenvalue weighted by Crippen LogP contribution is -2.27. The van der Waals surface area contributed by atoms with Crippen LogP contribution in [0.2, 0.25) is 0 Å². The van der Waals surface area contributed by atoms with E-state index in [0.717, 1.165) is 20.1 Å². The fraction of sp³-hybridized carbons (Fsp3) is 0.0952. The summed E-state index contributed by atoms with van der Waals surface area (Å²) >= 11 is 3.21. The number of hydrogen-bond acceptors (Lipinski definition) is 5. The molecule has 1 atom stereocenters. The normalized spacial score (nSPS) is 12.9. The molecule has 0 bridgehead atoms. The van der Waals surface area contributed by atoms with Crippen molar-refractivity contribution in [2.75, 3.05) is 6.54 Å². The number of para-hydroxylation sites is 1. The minimum absolute atomic E-state index is 0.0831. The number of benzene rings is 3. The predicted octanol–water partition coefficient (Wildman–Crippen LogP) is 5.11. The molecule has 4 nitrogen and oxygen atoms in total. The molecule has 0 radical (unpaired) electrons. The molecule has 7 heteroatoms. The molecule has 4 aromatic rings. The van der Waals surface area contributed by atoms with Gasteiger partial charge in [0, 0.05) is 6.54 Å². The van der Waals surface area contributed by atoms with Gasteiger partial charge in [-0.15, -0.1) is 11.3 Å². The Morgan fingerprint density at radius 2 is 1.54 bits per heavy atom. The van der Waals surface area contributed by atoms with E-state index in [9.17, 15) is 8.42 Å². The monoisotopic (exact) mass is 426 g/mol. The summed E-state index contributed by atoms with van der Waals surface area (Å²) in [6.45, 7) is 0.280. The van der Waals surface area contributed by atoms with Crippen LogP contribution >= 0.6 is 23.1 Å². The number of hydrogen-bond donors (Lipinski definition) is 1. The Hall–Kier alpha value is -2.19. The summed E-state index contributed by atoms with van der Waals surface area (Å²) in [5.41, 5.74) is 2.02. The lowest BCUT2D eigenvalue weighted by molar-refractivity contribution is 0.581. The third kappa shape index (κ3) is 4.44. The van der Waals surface area contributed by atoms with Crippen molar-refractivity contribution >= 4 is 43.3 Å². The summed E-state index contributed by atoms with van der Waals surface area (Å²) in [6.07, 6.45) is 0. The zero-order valence-electron chi connectivity index (χ0n) is 14.9. The Bertz CT molecular complexity index is 1130. The van der Waals surface area contributed by atoms with Crippen LogP contribution in [0.15, 0.2) is 94.2 Å². The van der Waals surface area contributed by atoms with Gasteiger partial charge in [0.25, 0.3) is 0 Å². The number of thiazole rings is 1. The summed E-state index contributed by atoms with van der Waals surface area (Å²) in [5.74, 6) is 0. The van der Waals surface area contributed by atoms with Crippen molar-refractivity contribution in [2.45, 2.75) is 14.5 Å². The topological polar surface area (TPSA) is 59.1 Å². The van der Waals surface area contributed by atoms with E-state index in [1.54, 1.807) is 53.4 Å². The van der Waals surface area contributed by atoms with Gasteiger partial charge in [-0.05, 0) is 29.8 Å². The number of rotatable bonds is 7. The molecule has 0 spiro atoms. The average Bonchev–Trinajstić information content (AvgIpc) is 3.15. The van der Waals surface area contributed by atoms with E-state index in [2.05, 4.69) is 9.71 Å². The average molecular weight is 427 g/mol. The Morgan fingerprint density at radius 1 is 0.893 bits per heavy atom. The summed E-state index contributed by atoms with van der Waals surface area (Å²) in [4.78, 5) is 4.96. The van der Waals surface area contributed by atoms with Crippen LogP contribution in [-0.4, -0.2) is 19.9 Å². The van der Waals surface area contributed by atoms with Gasteiger partial charge in [-0.3, -0.25) is 0 Å². The molecule has 3 aromatic carbocycles. The van der Waals surface area contributed by atoms with E-state index in [0.29, 0.717) is 0 Å². The standard InChI is InChI=1S/C21H18N2O2S3/c24-28(25,17-11-5-2-6-12-17)22-15-20(16-9-3-1-4-10-16)27-21-23-18-13-7-8-14-19(18)26-21/h1-14,20,22H,15H2/t20-/m0/s1. The third-order valence-electron chi connectivity index (χ3n) is 4.20. The lowest BCUT2D eigenvalue weighted by Gasteiger charge is -2.16. The number of fused-ring (bicyclic) bond motifs is 1. The molecule has 1 N–H and O–H groups in total. The molecule has 0 unspecified atom stereocenters. The second-order valence-electron chi connectivity index (χ2n) is 6.13. The van der Waals surface area contributed by atoms with E-state index in [-0.39, 0.29) is 16.7 Å². The van der Waals surface area contributed by atoms with Gasteiger partial charge in [-0.25, -0.2) is 18.1 Å². The van der Waals surface area contributed by atoms with E-state index < -0.39 is 10.0 Å². The van der Waals surface area contributed by atoms with Crippen LogP contribution in [0.5, 0.6) is 0 Å². The van der Waals surface area contributed by atoms with Crippen molar-refractivity contribution in [1.82, 2.24) is 9.71 Å². The highest BCUT2D eigenvalue weighted by molar-refractivity contribution is 8.01. The van der Waals surface area contributed by atoms with Crippen molar-refractivity contribution in [2.24, 2.45) is 0 Å². The van der Waals surface area contributed by atoms with Crippen molar-refractivity contribution in [3.8, 4) is 0 Å². The highest BCUT2D eigenvalue weighted by Crippen LogP contribution is 2.39. The van der Waals surface area contributed by atoms with Crippen molar-refractivity contribution in [1.29, 1.82) is 0 Å². The first-order valence-corrected chi connectivity index (χ1v) is 11.9. The molecular weight excluding hydrogens is 408 g/mol. The predicted molar refractivity (Wildman–Crippen MR) is 116 cm³/mol. The number of nitrogens with one attached hydrogen (secondary N) is 1. The number of sulfonamides is 1. The Labute approximate surface area is 172 Å². The van der Waals surface area contributed by atoms with E-state index in [4.69, 9.17) is 0 Å². The summed E-state index contributed by atoms with van der Waals surface area (Å²) in [7, 11) is -3.56. The molecule has 4 rings (SSSR count). The van der Waals surface area contributed by atoms with Gasteiger partial charge in [-0.1, -0.05) is 72.4 Å². The second-order valence-corrected chi connectivity index (χ2v) is 10.4. The molecule has 0 fully saturated rings. The van der Waals surface area contributed by atoms with Gasteiger partial charge in [0.15, 0.2) is 4.34 Å². The Morgan fingerprint density at radius 3 is 2.25 bits per heavy atom. The smallest absolute Gasteiger partial charge is 0.230 e. The summed E-state index contributed by atoms with van der Waals surface area (Å²) < 4.78 is 30.1. The summed E-state index contributed by atoms with van der Waals surface area (Å²) in [6, 6.07) is 26.4. The molecule has 0 aliphatic heterocycles. The fourth-order valence-electron chi connectivity index (χ4n) is 2.79. The van der Waals surface area contributed by atoms with Crippen LogP contribution in [0.25, 0.3) is 10.2 Å². The van der Waals surface area contributed by atoms with Crippen LogP contribution in [0.3, 0.4) is 0 Å². The van der Waals surface area contributed by atoms with Crippen molar-refractivity contribution < 1.29 is 8.42 Å². The van der Waals surface area contributed by atoms with E-state index >= 15 is 0 Å². The molecule has 142 valence electrons. The lowest BCUT2D eigenvalue weighted by atomic mass is 10.1. The number of thioether (sulfide) groups is 1. The highest BCUT2D eigenvalue weighted by atomic mass is 32.2. The zero-order chi connectivity index (χ0) is 19.4. The minimum Gasteiger partial charge on any atom is -0.230 e. The largest absolute Gasteiger partial charge is 0.240 e. The first kappa shape index (κ1) is 19.1. The Balaban J connectivity index is 1.57. The fourth-order valence-corrected chi connectivity index (χ4v) is 6.32. The maximum atomic E-state index is 12.6. The van der Waals surface area contributed by atoms with Crippen molar-refractivity contribution in [3.63, 3.8) is 0 Å². The van der Waals surface area contributed by atoms with Gasteiger partial charge in [0.05, 0.1) is 20.4 Å². The van der Waals surface area contributed by atoms with Crippen LogP contribution in [0.4, 0.5) is 0 Å². The maximum absolute atomic E-state index is 12.6. The van der Waals surface area contributed by atoms with Crippen LogP contribution in [0, 0.1) is 0 Å². The molecule has 0 aliphatic rings. The molecule has 28 heavy (non-hydrogen) atoms. The molecule has 1 heterocycles. The van der Waals surface area contributed by atoms with Gasteiger partial charge in [0.2, 0.25) is 10.0 Å². The van der Waals surface area contributed by atoms with Crippen LogP contribution in [0.1, 0.15) is 10.8 Å². The number of aromatic nitrogens is 1. The number of nitrogens with zero attached hydrogens (tertiary/aromatic N) is 1. The summed E-state index contributed by atoms with van der Waals surface area (Å²) in [5, 5.41) is -0.0831. The molecule has 1 aromatic heterocycles. The highest BCUT2D eigenvalue weighted by Gasteiger charge is 2.20. The first-order valence-electron chi connectivity index (χ1n) is 8.74. The van der Waals surface area contributed by atoms with Crippen molar-refractivity contribution in [3.05, 3.63) is 90.5 Å². The maximum Gasteiger partial charge on any atom is 0.240 e. The van der Waals surface area contributed by atoms with Gasteiger partial charge in [-0.2, -0.15) is 0 Å². The molecule has 0 saturated carbocycles.